The van der Waals surface area contributed by atoms with E-state index in [1.54, 1.807) is 0 Å². The highest BCUT2D eigenvalue weighted by Crippen LogP contribution is 2.65. The first-order valence-electron chi connectivity index (χ1n) is 11.0. The maximum Gasteiger partial charge on any atom is 0.307 e. The molecular weight excluding hydrogens is 362 g/mol. The second-order valence-corrected chi connectivity index (χ2v) is 9.55. The first-order chi connectivity index (χ1) is 14.0. The Hall–Kier alpha value is -1.91. The standard InChI is InChI=1S/C25H31NO3/c1-17-21-8-5-6-10-24(17,21)15-19(23(27)28)16-26-13-11-25(12-14-26)22-9-4-3-7-20(22)18(2)29-25/h3-10,17-19,21H,11-16H2,1-2H3,(H,27,28). The summed E-state index contributed by atoms with van der Waals surface area (Å²) < 4.78 is 6.46. The highest BCUT2D eigenvalue weighted by molar-refractivity contribution is 5.70. The van der Waals surface area contributed by atoms with Gasteiger partial charge in [-0.25, -0.2) is 0 Å². The van der Waals surface area contributed by atoms with Crippen LogP contribution in [0.3, 0.4) is 0 Å². The Balaban J connectivity index is 1.25. The summed E-state index contributed by atoms with van der Waals surface area (Å²) >= 11 is 0. The number of nitrogens with zero attached hydrogens (tertiary/aromatic N) is 1. The van der Waals surface area contributed by atoms with Crippen molar-refractivity contribution in [2.24, 2.45) is 23.2 Å². The van der Waals surface area contributed by atoms with Crippen LogP contribution in [-0.2, 0) is 15.1 Å². The molecule has 2 aliphatic carbocycles. The molecule has 1 spiro atoms. The summed E-state index contributed by atoms with van der Waals surface area (Å²) in [7, 11) is 0. The van der Waals surface area contributed by atoms with Gasteiger partial charge in [-0.05, 0) is 54.6 Å². The lowest BCUT2D eigenvalue weighted by Crippen LogP contribution is -2.45. The van der Waals surface area contributed by atoms with Crippen LogP contribution in [0.5, 0.6) is 0 Å². The van der Waals surface area contributed by atoms with Gasteiger partial charge in [-0.3, -0.25) is 4.79 Å². The predicted octanol–water partition coefficient (Wildman–Crippen LogP) is 4.54. The highest BCUT2D eigenvalue weighted by atomic mass is 16.5. The van der Waals surface area contributed by atoms with E-state index in [1.165, 1.54) is 11.1 Å². The molecule has 0 amide bonds. The van der Waals surface area contributed by atoms with E-state index in [4.69, 9.17) is 4.74 Å². The Morgan fingerprint density at radius 2 is 2.00 bits per heavy atom. The Bertz CT molecular complexity index is 867. The van der Waals surface area contributed by atoms with E-state index >= 15 is 0 Å². The molecule has 154 valence electrons. The average Bonchev–Trinajstić information content (AvgIpc) is 3.21. The number of rotatable bonds is 5. The molecule has 2 aliphatic heterocycles. The molecule has 4 heteroatoms. The normalized spacial score (nSPS) is 35.3. The third-order valence-corrected chi connectivity index (χ3v) is 8.12. The van der Waals surface area contributed by atoms with Crippen molar-refractivity contribution in [3.8, 4) is 0 Å². The zero-order valence-electron chi connectivity index (χ0n) is 17.4. The molecule has 1 N–H and O–H groups in total. The quantitative estimate of drug-likeness (QED) is 0.798. The minimum absolute atomic E-state index is 0.0672. The van der Waals surface area contributed by atoms with E-state index in [-0.39, 0.29) is 23.0 Å². The fourth-order valence-electron chi connectivity index (χ4n) is 6.29. The van der Waals surface area contributed by atoms with E-state index < -0.39 is 5.97 Å². The number of carbonyl (C=O) groups is 1. The number of likely N-dealkylation sites (tertiary alicyclic amines) is 1. The van der Waals surface area contributed by atoms with Crippen LogP contribution in [0.15, 0.2) is 48.6 Å². The minimum Gasteiger partial charge on any atom is -0.481 e. The van der Waals surface area contributed by atoms with Crippen molar-refractivity contribution < 1.29 is 14.6 Å². The number of hydrogen-bond donors (Lipinski definition) is 1. The SMILES string of the molecule is CC1OC2(CCN(CC(CC34C=CC=CC3C4C)C(=O)O)CC2)c2ccccc21. The van der Waals surface area contributed by atoms with Crippen molar-refractivity contribution in [2.75, 3.05) is 19.6 Å². The van der Waals surface area contributed by atoms with Gasteiger partial charge in [-0.1, -0.05) is 55.5 Å². The van der Waals surface area contributed by atoms with Crippen molar-refractivity contribution in [3.63, 3.8) is 0 Å². The van der Waals surface area contributed by atoms with Gasteiger partial charge >= 0.3 is 5.97 Å². The molecule has 2 heterocycles. The number of allylic oxidation sites excluding steroid dienone is 4. The van der Waals surface area contributed by atoms with Gasteiger partial charge < -0.3 is 14.7 Å². The Morgan fingerprint density at radius 3 is 2.72 bits per heavy atom. The molecule has 1 saturated carbocycles. The van der Waals surface area contributed by atoms with Crippen LogP contribution in [0.25, 0.3) is 0 Å². The maximum absolute atomic E-state index is 12.1. The van der Waals surface area contributed by atoms with Crippen molar-refractivity contribution in [3.05, 3.63) is 59.7 Å². The lowest BCUT2D eigenvalue weighted by atomic mass is 9.82. The van der Waals surface area contributed by atoms with Crippen LogP contribution < -0.4 is 0 Å². The van der Waals surface area contributed by atoms with Crippen molar-refractivity contribution >= 4 is 5.97 Å². The Morgan fingerprint density at radius 1 is 1.24 bits per heavy atom. The highest BCUT2D eigenvalue weighted by Gasteiger charge is 2.60. The molecule has 5 atom stereocenters. The third kappa shape index (κ3) is 3.00. The van der Waals surface area contributed by atoms with Gasteiger partial charge in [-0.2, -0.15) is 0 Å². The number of ether oxygens (including phenoxy) is 1. The number of piperidine rings is 1. The summed E-state index contributed by atoms with van der Waals surface area (Å²) in [6.45, 7) is 6.82. The van der Waals surface area contributed by atoms with Gasteiger partial charge in [-0.15, -0.1) is 0 Å². The molecule has 0 radical (unpaired) electrons. The van der Waals surface area contributed by atoms with E-state index in [9.17, 15) is 9.90 Å². The Kier molecular flexibility index (Phi) is 4.48. The molecule has 1 saturated heterocycles. The van der Waals surface area contributed by atoms with Gasteiger partial charge in [0.2, 0.25) is 0 Å². The second-order valence-electron chi connectivity index (χ2n) is 9.55. The zero-order valence-corrected chi connectivity index (χ0v) is 17.4. The molecule has 2 fully saturated rings. The van der Waals surface area contributed by atoms with Gasteiger partial charge in [0, 0.05) is 19.6 Å². The van der Waals surface area contributed by atoms with Crippen molar-refractivity contribution in [1.29, 1.82) is 0 Å². The fourth-order valence-corrected chi connectivity index (χ4v) is 6.29. The number of carboxylic acids is 1. The van der Waals surface area contributed by atoms with Gasteiger partial charge in [0.15, 0.2) is 0 Å². The van der Waals surface area contributed by atoms with Gasteiger partial charge in [0.25, 0.3) is 0 Å². The van der Waals surface area contributed by atoms with Crippen LogP contribution in [0.4, 0.5) is 0 Å². The van der Waals surface area contributed by atoms with E-state index in [0.717, 1.165) is 32.4 Å². The molecule has 1 aromatic carbocycles. The van der Waals surface area contributed by atoms with Crippen LogP contribution in [0.1, 0.15) is 50.3 Å². The van der Waals surface area contributed by atoms with E-state index in [1.807, 2.05) is 0 Å². The zero-order chi connectivity index (χ0) is 20.2. The van der Waals surface area contributed by atoms with Crippen molar-refractivity contribution in [2.45, 2.75) is 44.8 Å². The van der Waals surface area contributed by atoms with Crippen LogP contribution in [0, 0.1) is 23.2 Å². The lowest BCUT2D eigenvalue weighted by Gasteiger charge is -2.40. The first-order valence-corrected chi connectivity index (χ1v) is 11.0. The minimum atomic E-state index is -0.656. The van der Waals surface area contributed by atoms with E-state index in [0.29, 0.717) is 18.4 Å². The number of aliphatic carboxylic acids is 1. The van der Waals surface area contributed by atoms with Crippen molar-refractivity contribution in [1.82, 2.24) is 4.90 Å². The maximum atomic E-state index is 12.1. The average molecular weight is 394 g/mol. The molecule has 5 rings (SSSR count). The molecular formula is C25H31NO3. The summed E-state index contributed by atoms with van der Waals surface area (Å²) in [6.07, 6.45) is 11.5. The molecule has 29 heavy (non-hydrogen) atoms. The van der Waals surface area contributed by atoms with Crippen LogP contribution in [-0.4, -0.2) is 35.6 Å². The summed E-state index contributed by atoms with van der Waals surface area (Å²) in [5.74, 6) is 0.0950. The summed E-state index contributed by atoms with van der Waals surface area (Å²) in [5, 5.41) is 9.93. The number of benzene rings is 1. The van der Waals surface area contributed by atoms with E-state index in [2.05, 4.69) is 67.3 Å². The summed E-state index contributed by atoms with van der Waals surface area (Å²) in [6, 6.07) is 8.59. The number of hydrogen-bond acceptors (Lipinski definition) is 3. The molecule has 0 aromatic heterocycles. The smallest absolute Gasteiger partial charge is 0.307 e. The molecule has 1 aromatic rings. The molecule has 4 nitrogen and oxygen atoms in total. The molecule has 0 bridgehead atoms. The lowest BCUT2D eigenvalue weighted by molar-refractivity contribution is -0.144. The number of carboxylic acid groups (broad SMARTS) is 1. The monoisotopic (exact) mass is 393 g/mol. The van der Waals surface area contributed by atoms with Gasteiger partial charge in [0.1, 0.15) is 0 Å². The first kappa shape index (κ1) is 19.1. The summed E-state index contributed by atoms with van der Waals surface area (Å²) in [4.78, 5) is 14.4. The van der Waals surface area contributed by atoms with Crippen LogP contribution >= 0.6 is 0 Å². The number of fused-ring (bicyclic) bond motifs is 3. The van der Waals surface area contributed by atoms with Gasteiger partial charge in [0.05, 0.1) is 17.6 Å². The summed E-state index contributed by atoms with van der Waals surface area (Å²) in [5.41, 5.74) is 2.54. The topological polar surface area (TPSA) is 49.8 Å². The predicted molar refractivity (Wildman–Crippen MR) is 112 cm³/mol. The fraction of sp³-hybridized carbons (Fsp3) is 0.560. The van der Waals surface area contributed by atoms with Crippen LogP contribution in [0.2, 0.25) is 0 Å². The second kappa shape index (κ2) is 6.82. The largest absolute Gasteiger partial charge is 0.481 e. The third-order valence-electron chi connectivity index (χ3n) is 8.12. The Labute approximate surface area is 173 Å². The molecule has 4 aliphatic rings. The molecule has 5 unspecified atom stereocenters.